The highest BCUT2D eigenvalue weighted by Gasteiger charge is 2.14. The van der Waals surface area contributed by atoms with Gasteiger partial charge in [0.15, 0.2) is 0 Å². The summed E-state index contributed by atoms with van der Waals surface area (Å²) in [5, 5.41) is 13.4. The number of nitrogens with zero attached hydrogens (tertiary/aromatic N) is 2. The molecule has 0 saturated heterocycles. The van der Waals surface area contributed by atoms with Crippen LogP contribution in [0.5, 0.6) is 0 Å². The van der Waals surface area contributed by atoms with Gasteiger partial charge < -0.3 is 5.11 Å². The lowest BCUT2D eigenvalue weighted by atomic mass is 10.00. The second-order valence-corrected chi connectivity index (χ2v) is 5.01. The Labute approximate surface area is 112 Å². The molecule has 1 aromatic heterocycles. The predicted octanol–water partition coefficient (Wildman–Crippen LogP) is 2.86. The molecule has 4 heteroatoms. The molecule has 0 aliphatic heterocycles. The van der Waals surface area contributed by atoms with E-state index < -0.39 is 5.97 Å². The molecule has 0 aliphatic rings. The molecule has 1 N–H and O–H groups in total. The fourth-order valence-corrected chi connectivity index (χ4v) is 2.45. The summed E-state index contributed by atoms with van der Waals surface area (Å²) in [6.45, 7) is 8.45. The number of carbonyl (C=O) groups is 1. The number of rotatable bonds is 3. The van der Waals surface area contributed by atoms with Crippen molar-refractivity contribution in [2.24, 2.45) is 0 Å². The molecule has 0 aliphatic carbocycles. The first-order chi connectivity index (χ1) is 8.88. The third-order valence-corrected chi connectivity index (χ3v) is 3.27. The van der Waals surface area contributed by atoms with E-state index in [2.05, 4.69) is 24.2 Å². The van der Waals surface area contributed by atoms with Crippen molar-refractivity contribution in [3.8, 4) is 0 Å². The molecule has 0 atom stereocenters. The largest absolute Gasteiger partial charge is 0.477 e. The second-order valence-electron chi connectivity index (χ2n) is 5.01. The highest BCUT2D eigenvalue weighted by molar-refractivity contribution is 5.85. The number of aryl methyl sites for hydroxylation is 4. The lowest BCUT2D eigenvalue weighted by Gasteiger charge is -2.12. The van der Waals surface area contributed by atoms with E-state index >= 15 is 0 Å². The van der Waals surface area contributed by atoms with Gasteiger partial charge in [-0.15, -0.1) is 0 Å². The molecule has 1 heterocycles. The number of hydrogen-bond acceptors (Lipinski definition) is 2. The minimum Gasteiger partial charge on any atom is -0.477 e. The molecule has 0 amide bonds. The molecule has 2 rings (SSSR count). The maximum Gasteiger partial charge on any atom is 0.354 e. The Balaban J connectivity index is 2.45. The second kappa shape index (κ2) is 4.88. The van der Waals surface area contributed by atoms with Gasteiger partial charge >= 0.3 is 5.97 Å². The average Bonchev–Trinajstić information content (AvgIpc) is 2.65. The molecule has 2 aromatic rings. The molecule has 19 heavy (non-hydrogen) atoms. The summed E-state index contributed by atoms with van der Waals surface area (Å²) in [6.07, 6.45) is 0. The van der Waals surface area contributed by atoms with Gasteiger partial charge in [-0.1, -0.05) is 17.7 Å². The molecule has 0 unspecified atom stereocenters. The minimum absolute atomic E-state index is 0.233. The molecule has 1 aromatic carbocycles. The van der Waals surface area contributed by atoms with Crippen LogP contribution in [0.4, 0.5) is 0 Å². The van der Waals surface area contributed by atoms with Gasteiger partial charge in [0, 0.05) is 0 Å². The molecule has 0 spiro atoms. The Bertz CT molecular complexity index is 619. The fraction of sp³-hybridized carbons (Fsp3) is 0.333. The standard InChI is InChI=1S/C15H18N2O2/c1-9-5-10(2)13(11(3)6-9)8-17-14(15(18)19)7-12(4)16-17/h5-7H,8H2,1-4H3,(H,18,19). The van der Waals surface area contributed by atoms with Gasteiger partial charge in [-0.3, -0.25) is 4.68 Å². The zero-order valence-corrected chi connectivity index (χ0v) is 11.7. The molecular formula is C15H18N2O2. The number of aromatic nitrogens is 2. The van der Waals surface area contributed by atoms with E-state index in [1.54, 1.807) is 17.7 Å². The van der Waals surface area contributed by atoms with Gasteiger partial charge in [-0.05, 0) is 50.5 Å². The van der Waals surface area contributed by atoms with Gasteiger partial charge in [-0.2, -0.15) is 5.10 Å². The van der Waals surface area contributed by atoms with Crippen molar-refractivity contribution < 1.29 is 9.90 Å². The number of carboxylic acids is 1. The van der Waals surface area contributed by atoms with E-state index in [1.807, 2.05) is 13.8 Å². The van der Waals surface area contributed by atoms with Crippen molar-refractivity contribution in [1.29, 1.82) is 0 Å². The first-order valence-electron chi connectivity index (χ1n) is 6.23. The van der Waals surface area contributed by atoms with Crippen LogP contribution in [0.2, 0.25) is 0 Å². The zero-order chi connectivity index (χ0) is 14.2. The van der Waals surface area contributed by atoms with E-state index in [9.17, 15) is 9.90 Å². The first kappa shape index (κ1) is 13.3. The van der Waals surface area contributed by atoms with E-state index in [0.717, 1.165) is 11.3 Å². The monoisotopic (exact) mass is 258 g/mol. The SMILES string of the molecule is Cc1cc(C)c(Cn2nc(C)cc2C(=O)O)c(C)c1. The van der Waals surface area contributed by atoms with Crippen LogP contribution >= 0.6 is 0 Å². The highest BCUT2D eigenvalue weighted by atomic mass is 16.4. The fourth-order valence-electron chi connectivity index (χ4n) is 2.45. The topological polar surface area (TPSA) is 55.1 Å². The minimum atomic E-state index is -0.942. The normalized spacial score (nSPS) is 10.7. The van der Waals surface area contributed by atoms with Gasteiger partial charge in [-0.25, -0.2) is 4.79 Å². The lowest BCUT2D eigenvalue weighted by Crippen LogP contribution is -2.12. The molecule has 0 bridgehead atoms. The summed E-state index contributed by atoms with van der Waals surface area (Å²) in [4.78, 5) is 11.2. The maximum atomic E-state index is 11.2. The van der Waals surface area contributed by atoms with E-state index in [-0.39, 0.29) is 5.69 Å². The summed E-state index contributed by atoms with van der Waals surface area (Å²) in [5.74, 6) is -0.942. The van der Waals surface area contributed by atoms with Crippen LogP contribution in [0.25, 0.3) is 0 Å². The third-order valence-electron chi connectivity index (χ3n) is 3.27. The van der Waals surface area contributed by atoms with Crippen LogP contribution in [0.3, 0.4) is 0 Å². The predicted molar refractivity (Wildman–Crippen MR) is 73.7 cm³/mol. The number of carboxylic acid groups (broad SMARTS) is 1. The zero-order valence-electron chi connectivity index (χ0n) is 11.7. The van der Waals surface area contributed by atoms with Crippen molar-refractivity contribution >= 4 is 5.97 Å². The van der Waals surface area contributed by atoms with Gasteiger partial charge in [0.1, 0.15) is 5.69 Å². The van der Waals surface area contributed by atoms with E-state index in [1.165, 1.54) is 16.7 Å². The first-order valence-corrected chi connectivity index (χ1v) is 6.23. The van der Waals surface area contributed by atoms with Crippen LogP contribution in [-0.4, -0.2) is 20.9 Å². The Morgan fingerprint density at radius 2 is 1.74 bits per heavy atom. The number of benzene rings is 1. The van der Waals surface area contributed by atoms with Crippen LogP contribution in [-0.2, 0) is 6.54 Å². The Kier molecular flexibility index (Phi) is 3.42. The number of hydrogen-bond donors (Lipinski definition) is 1. The molecule has 0 fully saturated rings. The molecular weight excluding hydrogens is 240 g/mol. The Morgan fingerprint density at radius 3 is 2.26 bits per heavy atom. The van der Waals surface area contributed by atoms with Crippen LogP contribution < -0.4 is 0 Å². The smallest absolute Gasteiger partial charge is 0.354 e. The Hall–Kier alpha value is -2.10. The average molecular weight is 258 g/mol. The van der Waals surface area contributed by atoms with Crippen molar-refractivity contribution in [1.82, 2.24) is 9.78 Å². The lowest BCUT2D eigenvalue weighted by molar-refractivity contribution is 0.0684. The van der Waals surface area contributed by atoms with Gasteiger partial charge in [0.05, 0.1) is 12.2 Å². The molecule has 100 valence electrons. The summed E-state index contributed by atoms with van der Waals surface area (Å²) in [6, 6.07) is 5.82. The third kappa shape index (κ3) is 2.67. The molecule has 0 radical (unpaired) electrons. The highest BCUT2D eigenvalue weighted by Crippen LogP contribution is 2.18. The summed E-state index contributed by atoms with van der Waals surface area (Å²) >= 11 is 0. The summed E-state index contributed by atoms with van der Waals surface area (Å²) < 4.78 is 1.56. The summed E-state index contributed by atoms with van der Waals surface area (Å²) in [5.41, 5.74) is 5.64. The van der Waals surface area contributed by atoms with Crippen molar-refractivity contribution in [2.75, 3.05) is 0 Å². The van der Waals surface area contributed by atoms with Gasteiger partial charge in [0.2, 0.25) is 0 Å². The van der Waals surface area contributed by atoms with Crippen LogP contribution in [0.15, 0.2) is 18.2 Å². The molecule has 0 saturated carbocycles. The van der Waals surface area contributed by atoms with Gasteiger partial charge in [0.25, 0.3) is 0 Å². The summed E-state index contributed by atoms with van der Waals surface area (Å²) in [7, 11) is 0. The van der Waals surface area contributed by atoms with Crippen molar-refractivity contribution in [2.45, 2.75) is 34.2 Å². The Morgan fingerprint density at radius 1 is 1.16 bits per heavy atom. The molecule has 4 nitrogen and oxygen atoms in total. The number of aromatic carboxylic acids is 1. The van der Waals surface area contributed by atoms with Crippen molar-refractivity contribution in [3.63, 3.8) is 0 Å². The van der Waals surface area contributed by atoms with E-state index in [4.69, 9.17) is 0 Å². The van der Waals surface area contributed by atoms with Crippen LogP contribution in [0, 0.1) is 27.7 Å². The van der Waals surface area contributed by atoms with Crippen LogP contribution in [0.1, 0.15) is 38.4 Å². The van der Waals surface area contributed by atoms with Crippen molar-refractivity contribution in [3.05, 3.63) is 51.8 Å². The maximum absolute atomic E-state index is 11.2. The quantitative estimate of drug-likeness (QED) is 0.921. The van der Waals surface area contributed by atoms with E-state index in [0.29, 0.717) is 6.54 Å².